The van der Waals surface area contributed by atoms with Crippen molar-refractivity contribution in [2.24, 2.45) is 17.6 Å². The van der Waals surface area contributed by atoms with E-state index < -0.39 is 58.8 Å². The van der Waals surface area contributed by atoms with Crippen LogP contribution in [0.15, 0.2) is 40.9 Å². The molecule has 1 aromatic rings. The number of phenolic OH excluding ortho intramolecular Hbond substituents is 1. The van der Waals surface area contributed by atoms with Crippen LogP contribution in [0.4, 0.5) is 0 Å². The Kier molecular flexibility index (Phi) is 5.04. The van der Waals surface area contributed by atoms with Crippen LogP contribution in [0.2, 0.25) is 0 Å². The van der Waals surface area contributed by atoms with E-state index in [0.717, 1.165) is 7.11 Å². The van der Waals surface area contributed by atoms with Crippen LogP contribution in [-0.4, -0.2) is 58.1 Å². The van der Waals surface area contributed by atoms with Gasteiger partial charge in [0.1, 0.15) is 22.8 Å². The average Bonchev–Trinajstić information content (AvgIpc) is 2.74. The number of fused-ring (bicyclic) bond motifs is 3. The lowest BCUT2D eigenvalue weighted by Gasteiger charge is -2.46. The molecule has 5 N–H and O–H groups in total. The third kappa shape index (κ3) is 2.98. The van der Waals surface area contributed by atoms with E-state index in [1.807, 2.05) is 0 Å². The van der Waals surface area contributed by atoms with Gasteiger partial charge in [0, 0.05) is 17.9 Å². The number of aliphatic hydroxyl groups is 2. The van der Waals surface area contributed by atoms with Crippen LogP contribution in [0.25, 0.3) is 0 Å². The Hall–Kier alpha value is -3.66. The minimum atomic E-state index is -2.56. The third-order valence-corrected chi connectivity index (χ3v) is 6.37. The predicted octanol–water partition coefficient (Wildman–Crippen LogP) is 0.212. The molecular weight excluding hydrogens is 422 g/mol. The van der Waals surface area contributed by atoms with Gasteiger partial charge in [-0.1, -0.05) is 12.1 Å². The molecule has 1 amide bonds. The largest absolute Gasteiger partial charge is 0.508 e. The summed E-state index contributed by atoms with van der Waals surface area (Å²) < 4.78 is 9.80. The Morgan fingerprint density at radius 1 is 1.22 bits per heavy atom. The molecule has 0 heterocycles. The maximum atomic E-state index is 13.2. The number of hydrogen-bond donors (Lipinski definition) is 4. The highest BCUT2D eigenvalue weighted by Crippen LogP contribution is 2.51. The molecule has 168 valence electrons. The first-order chi connectivity index (χ1) is 15.1. The number of aliphatic hydroxyl groups excluding tert-OH is 1. The molecule has 4 rings (SSSR count). The minimum absolute atomic E-state index is 0.00313. The van der Waals surface area contributed by atoms with Crippen molar-refractivity contribution in [2.45, 2.75) is 24.9 Å². The highest BCUT2D eigenvalue weighted by molar-refractivity contribution is 6.24. The van der Waals surface area contributed by atoms with Gasteiger partial charge in [0.15, 0.2) is 18.0 Å². The molecule has 3 atom stereocenters. The summed E-state index contributed by atoms with van der Waals surface area (Å²) in [6.07, 6.45) is 0.229. The maximum absolute atomic E-state index is 13.2. The van der Waals surface area contributed by atoms with Gasteiger partial charge in [0.25, 0.3) is 5.91 Å². The summed E-state index contributed by atoms with van der Waals surface area (Å²) >= 11 is 0. The number of esters is 1. The van der Waals surface area contributed by atoms with Crippen molar-refractivity contribution in [3.05, 3.63) is 52.0 Å². The van der Waals surface area contributed by atoms with Gasteiger partial charge in [0.2, 0.25) is 5.78 Å². The van der Waals surface area contributed by atoms with E-state index in [-0.39, 0.29) is 35.5 Å². The van der Waals surface area contributed by atoms with Crippen molar-refractivity contribution in [1.29, 1.82) is 0 Å². The zero-order chi connectivity index (χ0) is 23.4. The predicted molar refractivity (Wildman–Crippen MR) is 106 cm³/mol. The van der Waals surface area contributed by atoms with E-state index in [0.29, 0.717) is 12.0 Å². The van der Waals surface area contributed by atoms with Gasteiger partial charge in [-0.2, -0.15) is 0 Å². The molecule has 10 nitrogen and oxygen atoms in total. The Balaban J connectivity index is 1.81. The van der Waals surface area contributed by atoms with Crippen molar-refractivity contribution in [1.82, 2.24) is 0 Å². The summed E-state index contributed by atoms with van der Waals surface area (Å²) in [7, 11) is 1.14. The molecule has 0 spiro atoms. The van der Waals surface area contributed by atoms with E-state index in [1.165, 1.54) is 6.07 Å². The number of nitrogens with two attached hydrogens (primary N) is 1. The highest BCUT2D eigenvalue weighted by Gasteiger charge is 2.59. The molecule has 0 unspecified atom stereocenters. The molecule has 0 aromatic heterocycles. The fourth-order valence-corrected chi connectivity index (χ4v) is 4.87. The molecule has 3 aliphatic carbocycles. The number of methoxy groups -OCH3 is 1. The zero-order valence-corrected chi connectivity index (χ0v) is 17.1. The number of benzene rings is 1. The van der Waals surface area contributed by atoms with Crippen molar-refractivity contribution in [3.63, 3.8) is 0 Å². The standard InChI is InChI=1S/C22H21NO9/c1-31-14(25)8-32-13-7-11-6-10-5-9-3-2-4-12(24)15(9)18(26)16(10)19(27)22(11,30)20(28)17(13)21(23)29/h2-4,10-11,24,27,30H,5-8H2,1H3,(H2,23,29)/t10-,11-,22-/m0/s1. The van der Waals surface area contributed by atoms with E-state index in [1.54, 1.807) is 12.1 Å². The third-order valence-electron chi connectivity index (χ3n) is 6.37. The first-order valence-corrected chi connectivity index (χ1v) is 9.90. The van der Waals surface area contributed by atoms with Crippen LogP contribution in [0.5, 0.6) is 5.75 Å². The fourth-order valence-electron chi connectivity index (χ4n) is 4.87. The van der Waals surface area contributed by atoms with E-state index in [4.69, 9.17) is 10.5 Å². The monoisotopic (exact) mass is 443 g/mol. The lowest BCUT2D eigenvalue weighted by molar-refractivity contribution is -0.149. The van der Waals surface area contributed by atoms with Gasteiger partial charge in [-0.3, -0.25) is 14.4 Å². The molecule has 10 heteroatoms. The lowest BCUT2D eigenvalue weighted by atomic mass is 9.60. The number of Topliss-reactive ketones (excluding diaryl/α,β-unsaturated/α-hetero) is 2. The first-order valence-electron chi connectivity index (χ1n) is 9.90. The Morgan fingerprint density at radius 3 is 2.59 bits per heavy atom. The number of ketones is 2. The summed E-state index contributed by atoms with van der Waals surface area (Å²) in [5.41, 5.74) is 2.49. The maximum Gasteiger partial charge on any atom is 0.343 e. The lowest BCUT2D eigenvalue weighted by Crippen LogP contribution is -2.57. The van der Waals surface area contributed by atoms with Crippen LogP contribution >= 0.6 is 0 Å². The normalized spacial score (nSPS) is 26.8. The average molecular weight is 443 g/mol. The Labute approximate surface area is 181 Å². The Bertz CT molecular complexity index is 1130. The quantitative estimate of drug-likeness (QED) is 0.375. The summed E-state index contributed by atoms with van der Waals surface area (Å²) in [6, 6.07) is 4.61. The smallest absolute Gasteiger partial charge is 0.343 e. The fraction of sp³-hybridized carbons (Fsp3) is 0.364. The number of hydrogen-bond acceptors (Lipinski definition) is 9. The van der Waals surface area contributed by atoms with E-state index >= 15 is 0 Å². The van der Waals surface area contributed by atoms with Crippen LogP contribution in [0, 0.1) is 11.8 Å². The second-order valence-electron chi connectivity index (χ2n) is 8.06. The van der Waals surface area contributed by atoms with E-state index in [9.17, 15) is 34.5 Å². The molecule has 0 saturated carbocycles. The second kappa shape index (κ2) is 7.49. The molecule has 1 aromatic carbocycles. The topological polar surface area (TPSA) is 173 Å². The van der Waals surface area contributed by atoms with Crippen molar-refractivity contribution in [3.8, 4) is 5.75 Å². The number of carbonyl (C=O) groups excluding carboxylic acids is 4. The first kappa shape index (κ1) is 21.6. The van der Waals surface area contributed by atoms with Gasteiger partial charge in [-0.15, -0.1) is 0 Å². The summed E-state index contributed by atoms with van der Waals surface area (Å²) in [4.78, 5) is 49.8. The number of phenols is 1. The van der Waals surface area contributed by atoms with E-state index in [2.05, 4.69) is 4.74 Å². The van der Waals surface area contributed by atoms with Gasteiger partial charge < -0.3 is 30.5 Å². The van der Waals surface area contributed by atoms with Crippen molar-refractivity contribution < 1.29 is 44.0 Å². The molecular formula is C22H21NO9. The SMILES string of the molecule is COC(=O)COC1=C(C(N)=O)C(=O)[C@@]2(O)C(O)=C3C(=O)c4c(O)cccc4C[C@H]3C[C@H]2C1. The highest BCUT2D eigenvalue weighted by atomic mass is 16.6. The van der Waals surface area contributed by atoms with Gasteiger partial charge in [-0.25, -0.2) is 4.79 Å². The number of amides is 1. The molecule has 0 saturated heterocycles. The molecule has 0 aliphatic heterocycles. The number of ether oxygens (including phenoxy) is 2. The number of carbonyl (C=O) groups is 4. The van der Waals surface area contributed by atoms with Crippen LogP contribution in [0.3, 0.4) is 0 Å². The summed E-state index contributed by atoms with van der Waals surface area (Å²) in [6.45, 7) is -0.581. The molecule has 0 fully saturated rings. The minimum Gasteiger partial charge on any atom is -0.508 e. The summed E-state index contributed by atoms with van der Waals surface area (Å²) in [5, 5.41) is 32.4. The van der Waals surface area contributed by atoms with Crippen LogP contribution in [-0.2, 0) is 30.3 Å². The number of allylic oxidation sites excluding steroid dienone is 2. The molecule has 32 heavy (non-hydrogen) atoms. The Morgan fingerprint density at radius 2 is 1.94 bits per heavy atom. The van der Waals surface area contributed by atoms with Gasteiger partial charge in [0.05, 0.1) is 12.7 Å². The number of rotatable bonds is 4. The van der Waals surface area contributed by atoms with Crippen molar-refractivity contribution in [2.75, 3.05) is 13.7 Å². The molecule has 0 bridgehead atoms. The molecule has 0 radical (unpaired) electrons. The number of primary amides is 1. The van der Waals surface area contributed by atoms with Crippen molar-refractivity contribution >= 4 is 23.4 Å². The van der Waals surface area contributed by atoms with Crippen LogP contribution < -0.4 is 5.73 Å². The second-order valence-corrected chi connectivity index (χ2v) is 8.06. The van der Waals surface area contributed by atoms with Gasteiger partial charge in [-0.05, 0) is 30.4 Å². The zero-order valence-electron chi connectivity index (χ0n) is 17.1. The summed E-state index contributed by atoms with van der Waals surface area (Å²) in [5.74, 6) is -6.64. The van der Waals surface area contributed by atoms with Gasteiger partial charge >= 0.3 is 5.97 Å². The van der Waals surface area contributed by atoms with Crippen LogP contribution in [0.1, 0.15) is 28.8 Å². The molecule has 3 aliphatic rings. The number of aromatic hydroxyl groups is 1.